The summed E-state index contributed by atoms with van der Waals surface area (Å²) < 4.78 is 0. The highest BCUT2D eigenvalue weighted by Gasteiger charge is 2.25. The quantitative estimate of drug-likeness (QED) is 0.570. The first kappa shape index (κ1) is 7.07. The van der Waals surface area contributed by atoms with Crippen molar-refractivity contribution in [2.75, 3.05) is 0 Å². The Bertz CT molecular complexity index is 88.6. The van der Waals surface area contributed by atoms with E-state index in [1.807, 2.05) is 0 Å². The first-order valence-electron chi connectivity index (χ1n) is 3.97. The summed E-state index contributed by atoms with van der Waals surface area (Å²) in [5.41, 5.74) is 5.88. The molecule has 54 valence electrons. The third kappa shape index (κ3) is 1.45. The lowest BCUT2D eigenvalue weighted by atomic mass is 9.92. The molecule has 1 unspecified atom stereocenters. The molecule has 1 saturated carbocycles. The Balaban J connectivity index is 2.40. The van der Waals surface area contributed by atoms with Gasteiger partial charge in [0.2, 0.25) is 0 Å². The van der Waals surface area contributed by atoms with Crippen molar-refractivity contribution in [3.8, 4) is 0 Å². The van der Waals surface area contributed by atoms with Crippen molar-refractivity contribution < 1.29 is 0 Å². The van der Waals surface area contributed by atoms with E-state index in [2.05, 4.69) is 13.8 Å². The molecule has 0 radical (unpaired) electrons. The van der Waals surface area contributed by atoms with Crippen LogP contribution in [-0.2, 0) is 0 Å². The van der Waals surface area contributed by atoms with Gasteiger partial charge < -0.3 is 5.73 Å². The average Bonchev–Trinajstić information content (AvgIpc) is 2.13. The van der Waals surface area contributed by atoms with Crippen molar-refractivity contribution in [3.05, 3.63) is 0 Å². The van der Waals surface area contributed by atoms with E-state index in [1.54, 1.807) is 0 Å². The summed E-state index contributed by atoms with van der Waals surface area (Å²) in [5, 5.41) is 0. The van der Waals surface area contributed by atoms with Crippen LogP contribution in [-0.4, -0.2) is 6.04 Å². The highest BCUT2D eigenvalue weighted by Crippen LogP contribution is 2.29. The van der Waals surface area contributed by atoms with Crippen LogP contribution < -0.4 is 5.73 Å². The van der Waals surface area contributed by atoms with Gasteiger partial charge in [-0.3, -0.25) is 0 Å². The maximum absolute atomic E-state index is 5.88. The van der Waals surface area contributed by atoms with Crippen LogP contribution in [0.4, 0.5) is 0 Å². The Kier molecular flexibility index (Phi) is 2.12. The van der Waals surface area contributed by atoms with Gasteiger partial charge in [0.05, 0.1) is 0 Å². The second kappa shape index (κ2) is 2.70. The molecule has 2 atom stereocenters. The molecule has 1 rings (SSSR count). The zero-order chi connectivity index (χ0) is 6.85. The normalized spacial score (nSPS) is 36.0. The van der Waals surface area contributed by atoms with Gasteiger partial charge in [0.15, 0.2) is 0 Å². The minimum Gasteiger partial charge on any atom is -0.327 e. The molecule has 1 nitrogen and oxygen atoms in total. The largest absolute Gasteiger partial charge is 0.327 e. The molecule has 0 aromatic rings. The molecular formula is C8H17N. The van der Waals surface area contributed by atoms with Crippen LogP contribution in [0.3, 0.4) is 0 Å². The van der Waals surface area contributed by atoms with Crippen LogP contribution in [0.2, 0.25) is 0 Å². The smallest absolute Gasteiger partial charge is 0.00696 e. The molecule has 1 fully saturated rings. The molecule has 0 aromatic carbocycles. The molecule has 2 N–H and O–H groups in total. The molecule has 0 aromatic heterocycles. The van der Waals surface area contributed by atoms with Crippen LogP contribution in [0.15, 0.2) is 0 Å². The van der Waals surface area contributed by atoms with Gasteiger partial charge in [-0.1, -0.05) is 20.3 Å². The highest BCUT2D eigenvalue weighted by atomic mass is 14.7. The van der Waals surface area contributed by atoms with Crippen molar-refractivity contribution in [3.63, 3.8) is 0 Å². The van der Waals surface area contributed by atoms with Gasteiger partial charge in [-0.05, 0) is 24.7 Å². The van der Waals surface area contributed by atoms with Crippen LogP contribution in [0.25, 0.3) is 0 Å². The fourth-order valence-electron chi connectivity index (χ4n) is 1.85. The lowest BCUT2D eigenvalue weighted by molar-refractivity contribution is 0.357. The van der Waals surface area contributed by atoms with Gasteiger partial charge in [0.1, 0.15) is 0 Å². The van der Waals surface area contributed by atoms with Gasteiger partial charge in [-0.2, -0.15) is 0 Å². The van der Waals surface area contributed by atoms with Crippen molar-refractivity contribution in [2.45, 2.75) is 39.2 Å². The Labute approximate surface area is 57.6 Å². The first-order valence-corrected chi connectivity index (χ1v) is 3.97. The number of hydrogen-bond acceptors (Lipinski definition) is 1. The van der Waals surface area contributed by atoms with Crippen molar-refractivity contribution in [2.24, 2.45) is 17.6 Å². The SMILES string of the molecule is CC(C)[C@H]1CCCC1N. The Morgan fingerprint density at radius 1 is 1.33 bits per heavy atom. The van der Waals surface area contributed by atoms with Crippen molar-refractivity contribution in [1.29, 1.82) is 0 Å². The predicted octanol–water partition coefficient (Wildman–Crippen LogP) is 1.77. The monoisotopic (exact) mass is 127 g/mol. The van der Waals surface area contributed by atoms with Gasteiger partial charge in [0.25, 0.3) is 0 Å². The molecule has 1 aliphatic carbocycles. The van der Waals surface area contributed by atoms with E-state index in [0.717, 1.165) is 11.8 Å². The standard InChI is InChI=1S/C8H17N/c1-6(2)7-4-3-5-8(7)9/h6-8H,3-5,9H2,1-2H3/t7-,8?/m1/s1. The summed E-state index contributed by atoms with van der Waals surface area (Å²) in [6, 6.07) is 0.505. The maximum atomic E-state index is 5.88. The predicted molar refractivity (Wildman–Crippen MR) is 40.2 cm³/mol. The van der Waals surface area contributed by atoms with Gasteiger partial charge >= 0.3 is 0 Å². The third-order valence-corrected chi connectivity index (χ3v) is 2.48. The second-order valence-corrected chi connectivity index (χ2v) is 3.50. The Morgan fingerprint density at radius 3 is 2.22 bits per heavy atom. The molecule has 0 saturated heterocycles. The molecule has 0 spiro atoms. The summed E-state index contributed by atoms with van der Waals surface area (Å²) in [5.74, 6) is 1.60. The fraction of sp³-hybridized carbons (Fsp3) is 1.00. The molecule has 1 aliphatic rings. The third-order valence-electron chi connectivity index (χ3n) is 2.48. The molecule has 0 bridgehead atoms. The number of nitrogens with two attached hydrogens (primary N) is 1. The van der Waals surface area contributed by atoms with Gasteiger partial charge in [-0.15, -0.1) is 0 Å². The summed E-state index contributed by atoms with van der Waals surface area (Å²) >= 11 is 0. The molecule has 1 heteroatoms. The average molecular weight is 127 g/mol. The molecule has 9 heavy (non-hydrogen) atoms. The summed E-state index contributed by atoms with van der Waals surface area (Å²) in [4.78, 5) is 0. The van der Waals surface area contributed by atoms with E-state index >= 15 is 0 Å². The molecule has 0 amide bonds. The number of hydrogen-bond donors (Lipinski definition) is 1. The van der Waals surface area contributed by atoms with E-state index in [-0.39, 0.29) is 0 Å². The second-order valence-electron chi connectivity index (χ2n) is 3.50. The Hall–Kier alpha value is -0.0400. The van der Waals surface area contributed by atoms with Crippen LogP contribution >= 0.6 is 0 Å². The van der Waals surface area contributed by atoms with E-state index in [4.69, 9.17) is 5.73 Å². The minimum absolute atomic E-state index is 0.505. The number of rotatable bonds is 1. The summed E-state index contributed by atoms with van der Waals surface area (Å²) in [7, 11) is 0. The molecular weight excluding hydrogens is 110 g/mol. The zero-order valence-corrected chi connectivity index (χ0v) is 6.43. The lowest BCUT2D eigenvalue weighted by Crippen LogP contribution is -2.27. The summed E-state index contributed by atoms with van der Waals surface area (Å²) in [6.07, 6.45) is 3.96. The minimum atomic E-state index is 0.505. The topological polar surface area (TPSA) is 26.0 Å². The van der Waals surface area contributed by atoms with Gasteiger partial charge in [-0.25, -0.2) is 0 Å². The summed E-state index contributed by atoms with van der Waals surface area (Å²) in [6.45, 7) is 4.55. The fourth-order valence-corrected chi connectivity index (χ4v) is 1.85. The van der Waals surface area contributed by atoms with Gasteiger partial charge in [0, 0.05) is 6.04 Å². The Morgan fingerprint density at radius 2 is 2.00 bits per heavy atom. The lowest BCUT2D eigenvalue weighted by Gasteiger charge is -2.18. The van der Waals surface area contributed by atoms with Crippen LogP contribution in [0, 0.1) is 11.8 Å². The highest BCUT2D eigenvalue weighted by molar-refractivity contribution is 4.81. The van der Waals surface area contributed by atoms with E-state index in [0.29, 0.717) is 6.04 Å². The zero-order valence-electron chi connectivity index (χ0n) is 6.43. The van der Waals surface area contributed by atoms with E-state index < -0.39 is 0 Å². The molecule has 0 heterocycles. The van der Waals surface area contributed by atoms with Crippen LogP contribution in [0.5, 0.6) is 0 Å². The first-order chi connectivity index (χ1) is 4.22. The van der Waals surface area contributed by atoms with E-state index in [9.17, 15) is 0 Å². The van der Waals surface area contributed by atoms with Crippen LogP contribution in [0.1, 0.15) is 33.1 Å². The van der Waals surface area contributed by atoms with Crippen molar-refractivity contribution >= 4 is 0 Å². The van der Waals surface area contributed by atoms with E-state index in [1.165, 1.54) is 19.3 Å². The van der Waals surface area contributed by atoms with Crippen molar-refractivity contribution in [1.82, 2.24) is 0 Å². The molecule has 0 aliphatic heterocycles. The maximum Gasteiger partial charge on any atom is 0.00696 e.